The molecule has 1 aromatic heterocycles. The summed E-state index contributed by atoms with van der Waals surface area (Å²) in [6.07, 6.45) is 3.74. The van der Waals surface area contributed by atoms with E-state index in [9.17, 15) is 4.79 Å². The van der Waals surface area contributed by atoms with Crippen molar-refractivity contribution < 1.29 is 9.53 Å². The second-order valence-corrected chi connectivity index (χ2v) is 4.49. The van der Waals surface area contributed by atoms with Crippen LogP contribution in [-0.4, -0.2) is 31.2 Å². The largest absolute Gasteiger partial charge is 0.465 e. The number of carbonyl (C=O) groups is 1. The Bertz CT molecular complexity index is 332. The zero-order valence-electron chi connectivity index (χ0n) is 10.0. The molecule has 4 nitrogen and oxygen atoms in total. The molecule has 1 aromatic rings. The molecule has 1 heterocycles. The highest BCUT2D eigenvalue weighted by Gasteiger charge is 2.14. The van der Waals surface area contributed by atoms with Gasteiger partial charge in [-0.2, -0.15) is 0 Å². The lowest BCUT2D eigenvalue weighted by molar-refractivity contribution is 0.0606. The predicted octanol–water partition coefficient (Wildman–Crippen LogP) is 2.56. The van der Waals surface area contributed by atoms with E-state index in [0.717, 1.165) is 31.1 Å². The van der Waals surface area contributed by atoms with Gasteiger partial charge < -0.3 is 9.64 Å². The lowest BCUT2D eigenvalue weighted by Gasteiger charge is -2.19. The normalized spacial score (nSPS) is 10.2. The van der Waals surface area contributed by atoms with Crippen molar-refractivity contribution in [3.05, 3.63) is 11.1 Å². The molecule has 5 heteroatoms. The van der Waals surface area contributed by atoms with Crippen LogP contribution >= 0.6 is 11.3 Å². The first kappa shape index (κ1) is 13.0. The third-order valence-electron chi connectivity index (χ3n) is 2.14. The van der Waals surface area contributed by atoms with Crippen LogP contribution in [0.15, 0.2) is 6.20 Å². The minimum Gasteiger partial charge on any atom is -0.465 e. The topological polar surface area (TPSA) is 42.4 Å². The summed E-state index contributed by atoms with van der Waals surface area (Å²) in [4.78, 5) is 18.3. The maximum absolute atomic E-state index is 11.3. The summed E-state index contributed by atoms with van der Waals surface area (Å²) in [5.41, 5.74) is 0. The van der Waals surface area contributed by atoms with E-state index in [4.69, 9.17) is 0 Å². The Morgan fingerprint density at radius 2 is 2.06 bits per heavy atom. The van der Waals surface area contributed by atoms with E-state index in [-0.39, 0.29) is 5.97 Å². The molecule has 0 aliphatic rings. The summed E-state index contributed by atoms with van der Waals surface area (Å²) in [7, 11) is 1.39. The van der Waals surface area contributed by atoms with Crippen LogP contribution in [0.5, 0.6) is 0 Å². The molecule has 0 spiro atoms. The SMILES string of the molecule is CCCN(CCC)c1ncc(C(=O)OC)s1. The summed E-state index contributed by atoms with van der Waals surface area (Å²) in [6, 6.07) is 0. The highest BCUT2D eigenvalue weighted by Crippen LogP contribution is 2.23. The van der Waals surface area contributed by atoms with Crippen molar-refractivity contribution in [3.8, 4) is 0 Å². The zero-order valence-corrected chi connectivity index (χ0v) is 10.8. The van der Waals surface area contributed by atoms with Crippen LogP contribution in [0.25, 0.3) is 0 Å². The van der Waals surface area contributed by atoms with Crippen LogP contribution < -0.4 is 4.90 Å². The van der Waals surface area contributed by atoms with E-state index in [2.05, 4.69) is 28.5 Å². The summed E-state index contributed by atoms with van der Waals surface area (Å²) in [5, 5.41) is 0.907. The smallest absolute Gasteiger partial charge is 0.349 e. The highest BCUT2D eigenvalue weighted by atomic mass is 32.1. The molecule has 0 radical (unpaired) electrons. The van der Waals surface area contributed by atoms with Crippen molar-refractivity contribution in [3.63, 3.8) is 0 Å². The first-order valence-electron chi connectivity index (χ1n) is 5.52. The summed E-state index contributed by atoms with van der Waals surface area (Å²) >= 11 is 1.39. The molecule has 0 N–H and O–H groups in total. The van der Waals surface area contributed by atoms with Gasteiger partial charge in [0.1, 0.15) is 4.88 Å². The average molecular weight is 242 g/mol. The Hall–Kier alpha value is -1.10. The number of methoxy groups -OCH3 is 1. The minimum absolute atomic E-state index is 0.309. The number of hydrogen-bond acceptors (Lipinski definition) is 5. The second-order valence-electron chi connectivity index (χ2n) is 3.49. The molecule has 1 rings (SSSR count). The monoisotopic (exact) mass is 242 g/mol. The van der Waals surface area contributed by atoms with Gasteiger partial charge in [0.25, 0.3) is 0 Å². The van der Waals surface area contributed by atoms with Crippen LogP contribution in [-0.2, 0) is 4.74 Å². The Morgan fingerprint density at radius 1 is 1.44 bits per heavy atom. The minimum atomic E-state index is -0.309. The van der Waals surface area contributed by atoms with Gasteiger partial charge in [0.15, 0.2) is 5.13 Å². The molecule has 0 saturated carbocycles. The van der Waals surface area contributed by atoms with Gasteiger partial charge in [-0.3, -0.25) is 0 Å². The van der Waals surface area contributed by atoms with E-state index in [0.29, 0.717) is 4.88 Å². The quantitative estimate of drug-likeness (QED) is 0.719. The number of thiazole rings is 1. The Morgan fingerprint density at radius 3 is 2.56 bits per heavy atom. The van der Waals surface area contributed by atoms with E-state index < -0.39 is 0 Å². The maximum atomic E-state index is 11.3. The zero-order chi connectivity index (χ0) is 12.0. The van der Waals surface area contributed by atoms with Crippen LogP contribution in [0.4, 0.5) is 5.13 Å². The summed E-state index contributed by atoms with van der Waals surface area (Å²) in [6.45, 7) is 6.22. The van der Waals surface area contributed by atoms with Crippen molar-refractivity contribution in [2.75, 3.05) is 25.1 Å². The van der Waals surface area contributed by atoms with Crippen molar-refractivity contribution >= 4 is 22.4 Å². The van der Waals surface area contributed by atoms with Gasteiger partial charge in [0.2, 0.25) is 0 Å². The predicted molar refractivity (Wildman–Crippen MR) is 66.2 cm³/mol. The Labute approximate surface area is 100 Å². The Balaban J connectivity index is 2.76. The lowest BCUT2D eigenvalue weighted by Crippen LogP contribution is -2.24. The molecule has 0 unspecified atom stereocenters. The van der Waals surface area contributed by atoms with Crippen molar-refractivity contribution in [2.45, 2.75) is 26.7 Å². The van der Waals surface area contributed by atoms with Gasteiger partial charge >= 0.3 is 5.97 Å². The number of aromatic nitrogens is 1. The first-order chi connectivity index (χ1) is 7.72. The molecule has 0 amide bonds. The molecule has 16 heavy (non-hydrogen) atoms. The Kier molecular flexibility index (Phi) is 5.25. The van der Waals surface area contributed by atoms with E-state index in [1.54, 1.807) is 6.20 Å². The van der Waals surface area contributed by atoms with Gasteiger partial charge in [0, 0.05) is 13.1 Å². The van der Waals surface area contributed by atoms with Crippen LogP contribution in [0, 0.1) is 0 Å². The fourth-order valence-corrected chi connectivity index (χ4v) is 2.33. The van der Waals surface area contributed by atoms with Crippen molar-refractivity contribution in [1.29, 1.82) is 0 Å². The number of rotatable bonds is 6. The van der Waals surface area contributed by atoms with Crippen LogP contribution in [0.1, 0.15) is 36.4 Å². The molecule has 0 aromatic carbocycles. The molecule has 0 aliphatic carbocycles. The van der Waals surface area contributed by atoms with Crippen LogP contribution in [0.2, 0.25) is 0 Å². The molecular weight excluding hydrogens is 224 g/mol. The first-order valence-corrected chi connectivity index (χ1v) is 6.33. The van der Waals surface area contributed by atoms with Gasteiger partial charge in [-0.05, 0) is 12.8 Å². The number of esters is 1. The average Bonchev–Trinajstić information content (AvgIpc) is 2.77. The molecular formula is C11H18N2O2S. The number of carbonyl (C=O) groups excluding carboxylic acids is 1. The van der Waals surface area contributed by atoms with E-state index in [1.165, 1.54) is 18.4 Å². The standard InChI is InChI=1S/C11H18N2O2S/c1-4-6-13(7-5-2)11-12-8-9(16-11)10(14)15-3/h8H,4-7H2,1-3H3. The number of ether oxygens (including phenoxy) is 1. The van der Waals surface area contributed by atoms with E-state index >= 15 is 0 Å². The molecule has 0 bridgehead atoms. The fourth-order valence-electron chi connectivity index (χ4n) is 1.45. The molecule has 0 saturated heterocycles. The number of hydrogen-bond donors (Lipinski definition) is 0. The van der Waals surface area contributed by atoms with Crippen LogP contribution in [0.3, 0.4) is 0 Å². The summed E-state index contributed by atoms with van der Waals surface area (Å²) in [5.74, 6) is -0.309. The van der Waals surface area contributed by atoms with Gasteiger partial charge in [-0.15, -0.1) is 0 Å². The molecule has 0 fully saturated rings. The third-order valence-corrected chi connectivity index (χ3v) is 3.18. The molecule has 0 aliphatic heterocycles. The lowest BCUT2D eigenvalue weighted by atomic mass is 10.4. The third kappa shape index (κ3) is 3.20. The van der Waals surface area contributed by atoms with E-state index in [1.807, 2.05) is 0 Å². The van der Waals surface area contributed by atoms with Gasteiger partial charge in [-0.1, -0.05) is 25.2 Å². The fraction of sp³-hybridized carbons (Fsp3) is 0.636. The molecule has 0 atom stereocenters. The van der Waals surface area contributed by atoms with Crippen molar-refractivity contribution in [2.24, 2.45) is 0 Å². The van der Waals surface area contributed by atoms with Crippen molar-refractivity contribution in [1.82, 2.24) is 4.98 Å². The molecule has 90 valence electrons. The second kappa shape index (κ2) is 6.48. The van der Waals surface area contributed by atoms with Gasteiger partial charge in [-0.25, -0.2) is 9.78 Å². The maximum Gasteiger partial charge on any atom is 0.349 e. The number of nitrogens with zero attached hydrogens (tertiary/aromatic N) is 2. The number of anilines is 1. The summed E-state index contributed by atoms with van der Waals surface area (Å²) < 4.78 is 4.66. The highest BCUT2D eigenvalue weighted by molar-refractivity contribution is 7.17. The van der Waals surface area contributed by atoms with Gasteiger partial charge in [0.05, 0.1) is 13.3 Å².